The SMILES string of the molecule is CC1(c2ccc(C(=O)NCc3cccc(C(=O)Nc4ccncc4)c3)cc2)NC(=O)NC1=O. The van der Waals surface area contributed by atoms with Crippen LogP contribution in [0.1, 0.15) is 38.8 Å². The van der Waals surface area contributed by atoms with E-state index in [2.05, 4.69) is 26.3 Å². The molecule has 1 fully saturated rings. The number of rotatable bonds is 6. The lowest BCUT2D eigenvalue weighted by Gasteiger charge is -2.21. The molecule has 1 saturated heterocycles. The quantitative estimate of drug-likeness (QED) is 0.435. The largest absolute Gasteiger partial charge is 0.348 e. The highest BCUT2D eigenvalue weighted by Gasteiger charge is 2.43. The number of imide groups is 1. The molecule has 9 heteroatoms. The average Bonchev–Trinajstić information content (AvgIpc) is 3.10. The van der Waals surface area contributed by atoms with Gasteiger partial charge in [0.05, 0.1) is 0 Å². The number of urea groups is 1. The van der Waals surface area contributed by atoms with Crippen LogP contribution in [0.5, 0.6) is 0 Å². The first-order valence-electron chi connectivity index (χ1n) is 10.2. The molecule has 1 unspecified atom stereocenters. The second-order valence-electron chi connectivity index (χ2n) is 7.68. The summed E-state index contributed by atoms with van der Waals surface area (Å²) < 4.78 is 0. The van der Waals surface area contributed by atoms with Gasteiger partial charge in [0.25, 0.3) is 17.7 Å². The van der Waals surface area contributed by atoms with E-state index in [1.54, 1.807) is 73.9 Å². The van der Waals surface area contributed by atoms with Crippen molar-refractivity contribution in [3.8, 4) is 0 Å². The van der Waals surface area contributed by atoms with Crippen molar-refractivity contribution >= 4 is 29.4 Å². The lowest BCUT2D eigenvalue weighted by molar-refractivity contribution is -0.123. The molecule has 5 amide bonds. The second-order valence-corrected chi connectivity index (χ2v) is 7.68. The minimum atomic E-state index is -1.18. The van der Waals surface area contributed by atoms with Crippen LogP contribution >= 0.6 is 0 Å². The van der Waals surface area contributed by atoms with Crippen molar-refractivity contribution in [2.45, 2.75) is 19.0 Å². The van der Waals surface area contributed by atoms with E-state index in [9.17, 15) is 19.2 Å². The maximum Gasteiger partial charge on any atom is 0.322 e. The third kappa shape index (κ3) is 4.72. The third-order valence-corrected chi connectivity index (χ3v) is 5.35. The Morgan fingerprint density at radius 1 is 0.939 bits per heavy atom. The average molecular weight is 443 g/mol. The molecule has 4 rings (SSSR count). The van der Waals surface area contributed by atoms with Gasteiger partial charge in [-0.05, 0) is 54.4 Å². The fourth-order valence-electron chi connectivity index (χ4n) is 3.45. The summed E-state index contributed by atoms with van der Waals surface area (Å²) in [5, 5.41) is 10.4. The Balaban J connectivity index is 1.38. The van der Waals surface area contributed by atoms with E-state index in [0.717, 1.165) is 5.56 Å². The zero-order chi connectivity index (χ0) is 23.4. The van der Waals surface area contributed by atoms with Crippen molar-refractivity contribution in [2.75, 3.05) is 5.32 Å². The molecule has 2 heterocycles. The van der Waals surface area contributed by atoms with Gasteiger partial charge in [-0.15, -0.1) is 0 Å². The third-order valence-electron chi connectivity index (χ3n) is 5.35. The normalized spacial score (nSPS) is 17.1. The smallest absolute Gasteiger partial charge is 0.322 e. The number of carbonyl (C=O) groups excluding carboxylic acids is 4. The van der Waals surface area contributed by atoms with Gasteiger partial charge >= 0.3 is 6.03 Å². The van der Waals surface area contributed by atoms with Crippen molar-refractivity contribution in [3.63, 3.8) is 0 Å². The molecule has 0 radical (unpaired) electrons. The maximum atomic E-state index is 12.6. The van der Waals surface area contributed by atoms with E-state index < -0.39 is 17.5 Å². The van der Waals surface area contributed by atoms with Crippen LogP contribution in [0.3, 0.4) is 0 Å². The molecule has 4 N–H and O–H groups in total. The van der Waals surface area contributed by atoms with Crippen molar-refractivity contribution in [1.29, 1.82) is 0 Å². The van der Waals surface area contributed by atoms with Crippen molar-refractivity contribution < 1.29 is 19.2 Å². The number of pyridine rings is 1. The van der Waals surface area contributed by atoms with E-state index in [1.807, 2.05) is 6.07 Å². The van der Waals surface area contributed by atoms with E-state index in [4.69, 9.17) is 0 Å². The number of aromatic nitrogens is 1. The first-order chi connectivity index (χ1) is 15.8. The molecule has 0 bridgehead atoms. The number of carbonyl (C=O) groups is 4. The van der Waals surface area contributed by atoms with E-state index in [0.29, 0.717) is 22.4 Å². The first-order valence-corrected chi connectivity index (χ1v) is 10.2. The van der Waals surface area contributed by atoms with Gasteiger partial charge in [0.2, 0.25) is 0 Å². The zero-order valence-electron chi connectivity index (χ0n) is 17.7. The summed E-state index contributed by atoms with van der Waals surface area (Å²) in [5.41, 5.74) is 1.66. The van der Waals surface area contributed by atoms with E-state index >= 15 is 0 Å². The van der Waals surface area contributed by atoms with Gasteiger partial charge < -0.3 is 16.0 Å². The van der Waals surface area contributed by atoms with Crippen LogP contribution in [0.15, 0.2) is 73.1 Å². The molecule has 33 heavy (non-hydrogen) atoms. The van der Waals surface area contributed by atoms with Gasteiger partial charge in [-0.3, -0.25) is 24.7 Å². The number of benzene rings is 2. The Hall–Kier alpha value is -4.53. The number of hydrogen-bond donors (Lipinski definition) is 4. The first kappa shape index (κ1) is 21.7. The monoisotopic (exact) mass is 443 g/mol. The molecule has 3 aromatic rings. The van der Waals surface area contributed by atoms with Crippen LogP contribution < -0.4 is 21.3 Å². The van der Waals surface area contributed by atoms with Crippen molar-refractivity contribution in [2.24, 2.45) is 0 Å². The molecule has 166 valence electrons. The predicted octanol–water partition coefficient (Wildman–Crippen LogP) is 2.32. The van der Waals surface area contributed by atoms with E-state index in [1.165, 1.54) is 0 Å². The molecule has 1 aromatic heterocycles. The number of nitrogens with one attached hydrogen (secondary N) is 4. The van der Waals surface area contributed by atoms with Gasteiger partial charge in [-0.1, -0.05) is 24.3 Å². The second kappa shape index (κ2) is 8.91. The van der Waals surface area contributed by atoms with Gasteiger partial charge in [0.15, 0.2) is 0 Å². The number of anilines is 1. The highest BCUT2D eigenvalue weighted by Crippen LogP contribution is 2.24. The van der Waals surface area contributed by atoms with Crippen molar-refractivity contribution in [3.05, 3.63) is 95.3 Å². The van der Waals surface area contributed by atoms with Crippen LogP contribution in [0.2, 0.25) is 0 Å². The number of nitrogens with zero attached hydrogens (tertiary/aromatic N) is 1. The summed E-state index contributed by atoms with van der Waals surface area (Å²) in [6.45, 7) is 1.83. The summed E-state index contributed by atoms with van der Waals surface area (Å²) in [6, 6.07) is 16.2. The Bertz CT molecular complexity index is 1230. The van der Waals surface area contributed by atoms with Crippen LogP contribution in [-0.4, -0.2) is 28.7 Å². The molecule has 0 aliphatic carbocycles. The van der Waals surface area contributed by atoms with Gasteiger partial charge in [-0.25, -0.2) is 4.79 Å². The molecule has 1 aliphatic heterocycles. The molecule has 1 atom stereocenters. The molecule has 0 spiro atoms. The fourth-order valence-corrected chi connectivity index (χ4v) is 3.45. The number of amides is 5. The molecule has 2 aromatic carbocycles. The van der Waals surface area contributed by atoms with Crippen LogP contribution in [0.25, 0.3) is 0 Å². The molecule has 1 aliphatic rings. The zero-order valence-corrected chi connectivity index (χ0v) is 17.7. The van der Waals surface area contributed by atoms with E-state index in [-0.39, 0.29) is 18.4 Å². The highest BCUT2D eigenvalue weighted by atomic mass is 16.2. The molecule has 9 nitrogen and oxygen atoms in total. The molecular weight excluding hydrogens is 422 g/mol. The standard InChI is InChI=1S/C24H21N5O4/c1-24(22(32)28-23(33)29-24)18-7-5-16(6-8-18)20(30)26-14-15-3-2-4-17(13-15)21(31)27-19-9-11-25-12-10-19/h2-13H,14H2,1H3,(H,26,30)(H,25,27,31)(H2,28,29,32,33). The summed E-state index contributed by atoms with van der Waals surface area (Å²) in [4.78, 5) is 52.5. The minimum absolute atomic E-state index is 0.229. The summed E-state index contributed by atoms with van der Waals surface area (Å²) >= 11 is 0. The van der Waals surface area contributed by atoms with Gasteiger partial charge in [-0.2, -0.15) is 0 Å². The Morgan fingerprint density at radius 3 is 2.33 bits per heavy atom. The van der Waals surface area contributed by atoms with Gasteiger partial charge in [0.1, 0.15) is 5.54 Å². The molecular formula is C24H21N5O4. The minimum Gasteiger partial charge on any atom is -0.348 e. The summed E-state index contributed by atoms with van der Waals surface area (Å²) in [5.74, 6) is -1.02. The fraction of sp³-hybridized carbons (Fsp3) is 0.125. The van der Waals surface area contributed by atoms with Crippen LogP contribution in [0.4, 0.5) is 10.5 Å². The summed E-state index contributed by atoms with van der Waals surface area (Å²) in [7, 11) is 0. The molecule has 0 saturated carbocycles. The number of hydrogen-bond acceptors (Lipinski definition) is 5. The summed E-state index contributed by atoms with van der Waals surface area (Å²) in [6.07, 6.45) is 3.18. The Morgan fingerprint density at radius 2 is 1.67 bits per heavy atom. The van der Waals surface area contributed by atoms with Crippen LogP contribution in [-0.2, 0) is 16.9 Å². The lowest BCUT2D eigenvalue weighted by Crippen LogP contribution is -2.40. The van der Waals surface area contributed by atoms with Crippen LogP contribution in [0, 0.1) is 0 Å². The predicted molar refractivity (Wildman–Crippen MR) is 120 cm³/mol. The van der Waals surface area contributed by atoms with Gasteiger partial charge in [0, 0.05) is 35.8 Å². The maximum absolute atomic E-state index is 12.6. The highest BCUT2D eigenvalue weighted by molar-refractivity contribution is 6.07. The topological polar surface area (TPSA) is 129 Å². The Kier molecular flexibility index (Phi) is 5.86. The van der Waals surface area contributed by atoms with Crippen molar-refractivity contribution in [1.82, 2.24) is 20.9 Å². The lowest BCUT2D eigenvalue weighted by atomic mass is 9.91. The Labute approximate surface area is 189 Å².